The fourth-order valence-electron chi connectivity index (χ4n) is 3.17. The summed E-state index contributed by atoms with van der Waals surface area (Å²) in [5.41, 5.74) is 2.46. The smallest absolute Gasteiger partial charge is 0.272 e. The van der Waals surface area contributed by atoms with Crippen molar-refractivity contribution in [3.63, 3.8) is 0 Å². The Bertz CT molecular complexity index is 767. The summed E-state index contributed by atoms with van der Waals surface area (Å²) in [5, 5.41) is 5.61. The number of benzene rings is 1. The summed E-state index contributed by atoms with van der Waals surface area (Å²) in [5.74, 6) is 0.379. The molecular weight excluding hydrogens is 316 g/mol. The van der Waals surface area contributed by atoms with Gasteiger partial charge in [0.2, 0.25) is 5.91 Å². The molecule has 1 atom stereocenters. The molecular formula is C19H24N4O2. The van der Waals surface area contributed by atoms with E-state index in [0.717, 1.165) is 42.9 Å². The molecule has 132 valence electrons. The maximum absolute atomic E-state index is 12.6. The summed E-state index contributed by atoms with van der Waals surface area (Å²) in [6.07, 6.45) is 3.04. The third-order valence-electron chi connectivity index (χ3n) is 4.57. The number of carbonyl (C=O) groups excluding carboxylic acids is 2. The van der Waals surface area contributed by atoms with E-state index in [1.165, 1.54) is 0 Å². The molecule has 0 unspecified atom stereocenters. The standard InChI is InChI=1S/C19H24N4O2/c1-13(18(24)20-12-15-8-4-3-5-9-15)21-19(25)17-16-10-6-7-11-23(16)14(2)22-17/h3-5,8-9,13H,6-7,10-12H2,1-2H3,(H,20,24)(H,21,25)/t13-/m0/s1. The highest BCUT2D eigenvalue weighted by Gasteiger charge is 2.25. The molecule has 1 aromatic carbocycles. The van der Waals surface area contributed by atoms with Crippen LogP contribution in [-0.2, 0) is 24.3 Å². The number of hydrogen-bond acceptors (Lipinski definition) is 3. The lowest BCUT2D eigenvalue weighted by atomic mass is 10.1. The summed E-state index contributed by atoms with van der Waals surface area (Å²) >= 11 is 0. The third kappa shape index (κ3) is 3.90. The number of carbonyl (C=O) groups is 2. The molecule has 2 N–H and O–H groups in total. The number of imidazole rings is 1. The fraction of sp³-hybridized carbons (Fsp3) is 0.421. The molecule has 6 nitrogen and oxygen atoms in total. The Balaban J connectivity index is 1.60. The summed E-state index contributed by atoms with van der Waals surface area (Å²) in [6.45, 7) is 4.96. The molecule has 0 aliphatic carbocycles. The minimum atomic E-state index is -0.613. The molecule has 0 saturated carbocycles. The van der Waals surface area contributed by atoms with E-state index in [2.05, 4.69) is 20.2 Å². The van der Waals surface area contributed by atoms with Crippen molar-refractivity contribution in [2.24, 2.45) is 0 Å². The molecule has 1 aliphatic heterocycles. The van der Waals surface area contributed by atoms with Crippen LogP contribution < -0.4 is 10.6 Å². The number of aryl methyl sites for hydroxylation is 1. The predicted octanol–water partition coefficient (Wildman–Crippen LogP) is 1.96. The molecule has 0 saturated heterocycles. The Morgan fingerprint density at radius 1 is 1.24 bits per heavy atom. The van der Waals surface area contributed by atoms with E-state index in [-0.39, 0.29) is 11.8 Å². The first-order valence-corrected chi connectivity index (χ1v) is 8.74. The number of amides is 2. The van der Waals surface area contributed by atoms with E-state index in [4.69, 9.17) is 0 Å². The van der Waals surface area contributed by atoms with E-state index in [0.29, 0.717) is 12.2 Å². The number of fused-ring (bicyclic) bond motifs is 1. The van der Waals surface area contributed by atoms with Crippen LogP contribution in [0.25, 0.3) is 0 Å². The van der Waals surface area contributed by atoms with Gasteiger partial charge in [-0.1, -0.05) is 30.3 Å². The van der Waals surface area contributed by atoms with Crippen LogP contribution in [0.2, 0.25) is 0 Å². The maximum atomic E-state index is 12.6. The molecule has 2 heterocycles. The van der Waals surface area contributed by atoms with Gasteiger partial charge < -0.3 is 15.2 Å². The Morgan fingerprint density at radius 3 is 2.76 bits per heavy atom. The lowest BCUT2D eigenvalue weighted by Gasteiger charge is -2.17. The Hall–Kier alpha value is -2.63. The highest BCUT2D eigenvalue weighted by molar-refractivity contribution is 5.97. The molecule has 3 rings (SSSR count). The maximum Gasteiger partial charge on any atom is 0.272 e. The lowest BCUT2D eigenvalue weighted by molar-refractivity contribution is -0.122. The highest BCUT2D eigenvalue weighted by Crippen LogP contribution is 2.20. The number of rotatable bonds is 5. The van der Waals surface area contributed by atoms with Crippen molar-refractivity contribution in [3.05, 3.63) is 53.1 Å². The van der Waals surface area contributed by atoms with E-state index >= 15 is 0 Å². The van der Waals surface area contributed by atoms with Crippen LogP contribution in [0.5, 0.6) is 0 Å². The topological polar surface area (TPSA) is 76.0 Å². The first-order valence-electron chi connectivity index (χ1n) is 8.74. The summed E-state index contributed by atoms with van der Waals surface area (Å²) in [7, 11) is 0. The largest absolute Gasteiger partial charge is 0.350 e. The number of hydrogen-bond donors (Lipinski definition) is 2. The van der Waals surface area contributed by atoms with Crippen LogP contribution >= 0.6 is 0 Å². The van der Waals surface area contributed by atoms with Gasteiger partial charge >= 0.3 is 0 Å². The zero-order valence-electron chi connectivity index (χ0n) is 14.7. The molecule has 2 amide bonds. The van der Waals surface area contributed by atoms with Crippen molar-refractivity contribution in [2.75, 3.05) is 0 Å². The van der Waals surface area contributed by atoms with E-state index in [1.807, 2.05) is 37.3 Å². The monoisotopic (exact) mass is 340 g/mol. The Labute approximate surface area is 147 Å². The van der Waals surface area contributed by atoms with Crippen LogP contribution in [0.4, 0.5) is 0 Å². The van der Waals surface area contributed by atoms with Crippen molar-refractivity contribution >= 4 is 11.8 Å². The van der Waals surface area contributed by atoms with Crippen molar-refractivity contribution in [1.29, 1.82) is 0 Å². The Kier molecular flexibility index (Phi) is 5.16. The van der Waals surface area contributed by atoms with Gasteiger partial charge in [0.25, 0.3) is 5.91 Å². The molecule has 1 aromatic heterocycles. The molecule has 2 aromatic rings. The van der Waals surface area contributed by atoms with Crippen LogP contribution in [-0.4, -0.2) is 27.4 Å². The number of aromatic nitrogens is 2. The van der Waals surface area contributed by atoms with Gasteiger partial charge in [-0.3, -0.25) is 9.59 Å². The van der Waals surface area contributed by atoms with Crippen LogP contribution in [0.3, 0.4) is 0 Å². The van der Waals surface area contributed by atoms with Gasteiger partial charge in [0.1, 0.15) is 17.6 Å². The number of nitrogens with zero attached hydrogens (tertiary/aromatic N) is 2. The summed E-state index contributed by atoms with van der Waals surface area (Å²) in [6, 6.07) is 9.07. The van der Waals surface area contributed by atoms with Gasteiger partial charge in [-0.25, -0.2) is 4.98 Å². The molecule has 0 bridgehead atoms. The summed E-state index contributed by atoms with van der Waals surface area (Å²) in [4.78, 5) is 29.2. The molecule has 1 aliphatic rings. The van der Waals surface area contributed by atoms with Gasteiger partial charge in [-0.2, -0.15) is 0 Å². The van der Waals surface area contributed by atoms with Gasteiger partial charge in [-0.05, 0) is 38.7 Å². The minimum absolute atomic E-state index is 0.206. The Morgan fingerprint density at radius 2 is 2.00 bits per heavy atom. The van der Waals surface area contributed by atoms with Crippen molar-refractivity contribution in [1.82, 2.24) is 20.2 Å². The zero-order valence-corrected chi connectivity index (χ0v) is 14.7. The van der Waals surface area contributed by atoms with Crippen LogP contribution in [0, 0.1) is 6.92 Å². The average Bonchev–Trinajstić information content (AvgIpc) is 2.98. The second-order valence-corrected chi connectivity index (χ2v) is 6.46. The van der Waals surface area contributed by atoms with Gasteiger partial charge in [0.15, 0.2) is 0 Å². The number of nitrogens with one attached hydrogen (secondary N) is 2. The fourth-order valence-corrected chi connectivity index (χ4v) is 3.17. The van der Waals surface area contributed by atoms with Crippen LogP contribution in [0.15, 0.2) is 30.3 Å². The average molecular weight is 340 g/mol. The van der Waals surface area contributed by atoms with Gasteiger partial charge in [-0.15, -0.1) is 0 Å². The SMILES string of the molecule is Cc1nc(C(=O)N[C@@H](C)C(=O)NCc2ccccc2)c2n1CCCC2. The van der Waals surface area contributed by atoms with Crippen LogP contribution in [0.1, 0.15) is 47.3 Å². The van der Waals surface area contributed by atoms with Crippen molar-refractivity contribution in [3.8, 4) is 0 Å². The van der Waals surface area contributed by atoms with Crippen molar-refractivity contribution in [2.45, 2.75) is 52.2 Å². The van der Waals surface area contributed by atoms with E-state index in [9.17, 15) is 9.59 Å². The molecule has 25 heavy (non-hydrogen) atoms. The molecule has 0 fully saturated rings. The first kappa shape index (κ1) is 17.2. The second-order valence-electron chi connectivity index (χ2n) is 6.46. The molecule has 0 spiro atoms. The predicted molar refractivity (Wildman–Crippen MR) is 95.1 cm³/mol. The lowest BCUT2D eigenvalue weighted by Crippen LogP contribution is -2.44. The van der Waals surface area contributed by atoms with E-state index < -0.39 is 6.04 Å². The van der Waals surface area contributed by atoms with Gasteiger partial charge in [0.05, 0.1) is 5.69 Å². The van der Waals surface area contributed by atoms with Crippen molar-refractivity contribution < 1.29 is 9.59 Å². The molecule has 6 heteroatoms. The second kappa shape index (κ2) is 7.51. The highest BCUT2D eigenvalue weighted by atomic mass is 16.2. The minimum Gasteiger partial charge on any atom is -0.350 e. The van der Waals surface area contributed by atoms with E-state index in [1.54, 1.807) is 6.92 Å². The zero-order chi connectivity index (χ0) is 17.8. The molecule has 0 radical (unpaired) electrons. The third-order valence-corrected chi connectivity index (χ3v) is 4.57. The quantitative estimate of drug-likeness (QED) is 0.874. The first-order chi connectivity index (χ1) is 12.1. The summed E-state index contributed by atoms with van der Waals surface area (Å²) < 4.78 is 2.11. The van der Waals surface area contributed by atoms with Gasteiger partial charge in [0, 0.05) is 13.1 Å². The normalized spacial score (nSPS) is 14.5.